The fourth-order valence-corrected chi connectivity index (χ4v) is 1.80. The third kappa shape index (κ3) is 2.65. The minimum absolute atomic E-state index is 0.377. The van der Waals surface area contributed by atoms with Gasteiger partial charge in [0.2, 0.25) is 11.5 Å². The molecule has 0 aliphatic rings. The second-order valence-electron chi connectivity index (χ2n) is 4.21. The third-order valence-electron chi connectivity index (χ3n) is 2.88. The molecule has 2 rings (SSSR count). The molecule has 0 aliphatic carbocycles. The van der Waals surface area contributed by atoms with E-state index in [0.717, 1.165) is 5.56 Å². The van der Waals surface area contributed by atoms with E-state index in [1.165, 1.54) is 0 Å². The van der Waals surface area contributed by atoms with Crippen molar-refractivity contribution >= 4 is 11.5 Å². The zero-order valence-corrected chi connectivity index (χ0v) is 10.5. The quantitative estimate of drug-likeness (QED) is 0.499. The van der Waals surface area contributed by atoms with Crippen LogP contribution in [-0.2, 0) is 0 Å². The number of hydrogen-bond donors (Lipinski definition) is 2. The lowest BCUT2D eigenvalue weighted by atomic mass is 10.0. The summed E-state index contributed by atoms with van der Waals surface area (Å²) in [5, 5.41) is 19.8. The molecule has 2 aromatic rings. The van der Waals surface area contributed by atoms with E-state index in [-0.39, 0.29) is 0 Å². The topological polar surface area (TPSA) is 57.5 Å². The monoisotopic (exact) mass is 254 g/mol. The number of ketones is 1. The number of Topliss-reactive ketones (excluding diaryl/α,β-unsaturated/α-hetero) is 1. The summed E-state index contributed by atoms with van der Waals surface area (Å²) >= 11 is 0. The van der Waals surface area contributed by atoms with E-state index in [1.807, 2.05) is 6.07 Å². The summed E-state index contributed by atoms with van der Waals surface area (Å²) in [5.41, 5.74) is 1.53. The molecule has 2 N–H and O–H groups in total. The summed E-state index contributed by atoms with van der Waals surface area (Å²) < 4.78 is 0. The maximum Gasteiger partial charge on any atom is 0.231 e. The highest BCUT2D eigenvalue weighted by molar-refractivity contribution is 6.11. The van der Waals surface area contributed by atoms with Gasteiger partial charge in [-0.05, 0) is 12.5 Å². The van der Waals surface area contributed by atoms with Gasteiger partial charge >= 0.3 is 0 Å². The number of aliphatic hydroxyl groups excluding tert-OH is 2. The van der Waals surface area contributed by atoms with Gasteiger partial charge in [-0.1, -0.05) is 54.6 Å². The number of aryl methyl sites for hydroxylation is 1. The Morgan fingerprint density at radius 3 is 2.11 bits per heavy atom. The Labute approximate surface area is 111 Å². The summed E-state index contributed by atoms with van der Waals surface area (Å²) in [5.74, 6) is -1.63. The number of carbonyl (C=O) groups is 1. The molecule has 3 nitrogen and oxygen atoms in total. The molecular weight excluding hydrogens is 240 g/mol. The minimum Gasteiger partial charge on any atom is -0.504 e. The molecule has 0 saturated heterocycles. The van der Waals surface area contributed by atoms with Crippen LogP contribution < -0.4 is 0 Å². The van der Waals surface area contributed by atoms with Crippen molar-refractivity contribution in [2.45, 2.75) is 6.92 Å². The van der Waals surface area contributed by atoms with Gasteiger partial charge in [-0.2, -0.15) is 0 Å². The SMILES string of the molecule is Cc1ccccc1C(=O)C(O)=C(O)c1ccccc1. The Bertz CT molecular complexity index is 627. The van der Waals surface area contributed by atoms with E-state index in [2.05, 4.69) is 0 Å². The Balaban J connectivity index is 2.42. The van der Waals surface area contributed by atoms with Gasteiger partial charge in [0.15, 0.2) is 5.76 Å². The molecule has 0 atom stereocenters. The van der Waals surface area contributed by atoms with Gasteiger partial charge in [0.25, 0.3) is 0 Å². The largest absolute Gasteiger partial charge is 0.504 e. The van der Waals surface area contributed by atoms with Crippen LogP contribution in [0.25, 0.3) is 5.76 Å². The van der Waals surface area contributed by atoms with Crippen molar-refractivity contribution < 1.29 is 15.0 Å². The van der Waals surface area contributed by atoms with Gasteiger partial charge in [-0.15, -0.1) is 0 Å². The molecule has 3 heteroatoms. The van der Waals surface area contributed by atoms with Crippen molar-refractivity contribution in [1.29, 1.82) is 0 Å². The molecular formula is C16H14O3. The summed E-state index contributed by atoms with van der Waals surface area (Å²) in [6.07, 6.45) is 0. The van der Waals surface area contributed by atoms with Crippen LogP contribution in [-0.4, -0.2) is 16.0 Å². The number of hydrogen-bond acceptors (Lipinski definition) is 3. The lowest BCUT2D eigenvalue weighted by molar-refractivity contribution is 0.0974. The lowest BCUT2D eigenvalue weighted by Crippen LogP contribution is -2.07. The molecule has 19 heavy (non-hydrogen) atoms. The third-order valence-corrected chi connectivity index (χ3v) is 2.88. The Morgan fingerprint density at radius 1 is 0.895 bits per heavy atom. The number of carbonyl (C=O) groups excluding carboxylic acids is 1. The summed E-state index contributed by atoms with van der Waals surface area (Å²) in [6.45, 7) is 1.78. The van der Waals surface area contributed by atoms with Gasteiger partial charge in [-0.25, -0.2) is 0 Å². The van der Waals surface area contributed by atoms with Gasteiger partial charge in [0.05, 0.1) is 0 Å². The summed E-state index contributed by atoms with van der Waals surface area (Å²) in [6, 6.07) is 15.4. The molecule has 0 amide bonds. The van der Waals surface area contributed by atoms with Crippen LogP contribution >= 0.6 is 0 Å². The first-order valence-corrected chi connectivity index (χ1v) is 5.89. The predicted octanol–water partition coefficient (Wildman–Crippen LogP) is 3.66. The van der Waals surface area contributed by atoms with Crippen LogP contribution in [0.4, 0.5) is 0 Å². The Morgan fingerprint density at radius 2 is 1.47 bits per heavy atom. The number of rotatable bonds is 3. The maximum atomic E-state index is 12.1. The molecule has 2 aromatic carbocycles. The number of benzene rings is 2. The average molecular weight is 254 g/mol. The number of allylic oxidation sites excluding steroid dienone is 1. The van der Waals surface area contributed by atoms with Crippen molar-refractivity contribution in [3.8, 4) is 0 Å². The molecule has 0 unspecified atom stereocenters. The molecule has 0 aliphatic heterocycles. The first kappa shape index (κ1) is 12.9. The zero-order valence-electron chi connectivity index (χ0n) is 10.5. The zero-order chi connectivity index (χ0) is 13.8. The lowest BCUT2D eigenvalue weighted by Gasteiger charge is -2.06. The fourth-order valence-electron chi connectivity index (χ4n) is 1.80. The fraction of sp³-hybridized carbons (Fsp3) is 0.0625. The summed E-state index contributed by atoms with van der Waals surface area (Å²) in [4.78, 5) is 12.1. The van der Waals surface area contributed by atoms with Crippen molar-refractivity contribution in [2.24, 2.45) is 0 Å². The smallest absolute Gasteiger partial charge is 0.231 e. The second kappa shape index (κ2) is 5.40. The molecule has 0 radical (unpaired) electrons. The van der Waals surface area contributed by atoms with Crippen LogP contribution in [0.2, 0.25) is 0 Å². The maximum absolute atomic E-state index is 12.1. The predicted molar refractivity (Wildman–Crippen MR) is 74.1 cm³/mol. The normalized spacial score (nSPS) is 11.8. The van der Waals surface area contributed by atoms with Crippen LogP contribution in [0.15, 0.2) is 60.4 Å². The van der Waals surface area contributed by atoms with E-state index in [0.29, 0.717) is 11.1 Å². The first-order valence-electron chi connectivity index (χ1n) is 5.89. The van der Waals surface area contributed by atoms with E-state index >= 15 is 0 Å². The Kier molecular flexibility index (Phi) is 3.66. The van der Waals surface area contributed by atoms with Crippen molar-refractivity contribution in [3.63, 3.8) is 0 Å². The molecule has 0 saturated carbocycles. The first-order chi connectivity index (χ1) is 9.11. The molecule has 0 spiro atoms. The highest BCUT2D eigenvalue weighted by Crippen LogP contribution is 2.19. The summed E-state index contributed by atoms with van der Waals surface area (Å²) in [7, 11) is 0. The van der Waals surface area contributed by atoms with E-state index in [9.17, 15) is 15.0 Å². The van der Waals surface area contributed by atoms with Crippen LogP contribution in [0, 0.1) is 6.92 Å². The van der Waals surface area contributed by atoms with E-state index in [4.69, 9.17) is 0 Å². The van der Waals surface area contributed by atoms with Gasteiger partial charge in [0.1, 0.15) is 0 Å². The van der Waals surface area contributed by atoms with Crippen molar-refractivity contribution in [1.82, 2.24) is 0 Å². The standard InChI is InChI=1S/C16H14O3/c1-11-7-5-6-10-13(11)15(18)16(19)14(17)12-8-3-2-4-9-12/h2-10,17,19H,1H3. The number of aliphatic hydroxyl groups is 2. The van der Waals surface area contributed by atoms with Crippen LogP contribution in [0.5, 0.6) is 0 Å². The second-order valence-corrected chi connectivity index (χ2v) is 4.21. The highest BCUT2D eigenvalue weighted by Gasteiger charge is 2.18. The van der Waals surface area contributed by atoms with E-state index in [1.54, 1.807) is 55.5 Å². The van der Waals surface area contributed by atoms with Gasteiger partial charge < -0.3 is 10.2 Å². The average Bonchev–Trinajstić information content (AvgIpc) is 2.46. The molecule has 96 valence electrons. The van der Waals surface area contributed by atoms with E-state index < -0.39 is 17.3 Å². The molecule has 0 bridgehead atoms. The molecule has 0 heterocycles. The molecule has 0 fully saturated rings. The Hall–Kier alpha value is -2.55. The molecule has 0 aromatic heterocycles. The van der Waals surface area contributed by atoms with Crippen molar-refractivity contribution in [2.75, 3.05) is 0 Å². The van der Waals surface area contributed by atoms with Crippen LogP contribution in [0.3, 0.4) is 0 Å². The highest BCUT2D eigenvalue weighted by atomic mass is 16.3. The van der Waals surface area contributed by atoms with Crippen LogP contribution in [0.1, 0.15) is 21.5 Å². The van der Waals surface area contributed by atoms with Crippen molar-refractivity contribution in [3.05, 3.63) is 77.0 Å². The van der Waals surface area contributed by atoms with Gasteiger partial charge in [-0.3, -0.25) is 4.79 Å². The minimum atomic E-state index is -0.638. The van der Waals surface area contributed by atoms with Gasteiger partial charge in [0, 0.05) is 11.1 Å².